The van der Waals surface area contributed by atoms with Crippen LogP contribution in [0.1, 0.15) is 21.5 Å². The predicted octanol–water partition coefficient (Wildman–Crippen LogP) is 3.50. The number of aromatic nitrogens is 1. The van der Waals surface area contributed by atoms with E-state index in [1.165, 1.54) is 11.1 Å². The Kier molecular flexibility index (Phi) is 2.18. The van der Waals surface area contributed by atoms with Crippen LogP contribution in [-0.2, 0) is 6.42 Å². The van der Waals surface area contributed by atoms with Gasteiger partial charge in [0, 0.05) is 17.4 Å². The maximum absolute atomic E-state index is 11.3. The summed E-state index contributed by atoms with van der Waals surface area (Å²) in [5.41, 5.74) is 5.28. The molecule has 1 heterocycles. The first kappa shape index (κ1) is 11.2. The Bertz CT molecular complexity index is 868. The van der Waals surface area contributed by atoms with Gasteiger partial charge < -0.3 is 5.11 Å². The zero-order chi connectivity index (χ0) is 13.7. The molecular formula is C17H11NO2. The molecule has 0 spiro atoms. The Morgan fingerprint density at radius 1 is 1.05 bits per heavy atom. The van der Waals surface area contributed by atoms with E-state index >= 15 is 0 Å². The maximum atomic E-state index is 11.3. The van der Waals surface area contributed by atoms with Gasteiger partial charge in [0.15, 0.2) is 0 Å². The lowest BCUT2D eigenvalue weighted by Gasteiger charge is -2.06. The number of nitrogens with zero attached hydrogens (tertiary/aromatic N) is 1. The molecule has 0 fully saturated rings. The average molecular weight is 261 g/mol. The van der Waals surface area contributed by atoms with Crippen LogP contribution in [-0.4, -0.2) is 16.1 Å². The van der Waals surface area contributed by atoms with Gasteiger partial charge in [-0.05, 0) is 23.3 Å². The number of carboxylic acids is 1. The number of para-hydroxylation sites is 1. The van der Waals surface area contributed by atoms with Crippen LogP contribution in [0.25, 0.3) is 22.2 Å². The van der Waals surface area contributed by atoms with E-state index in [9.17, 15) is 9.90 Å². The normalized spacial score (nSPS) is 12.2. The second kappa shape index (κ2) is 3.90. The largest absolute Gasteiger partial charge is 0.478 e. The third kappa shape index (κ3) is 1.46. The molecule has 0 saturated carbocycles. The molecule has 1 N–H and O–H groups in total. The Morgan fingerprint density at radius 2 is 1.90 bits per heavy atom. The number of fused-ring (bicyclic) bond motifs is 4. The lowest BCUT2D eigenvalue weighted by atomic mass is 10.1. The summed E-state index contributed by atoms with van der Waals surface area (Å²) in [6.07, 6.45) is 0.867. The van der Waals surface area contributed by atoms with Crippen molar-refractivity contribution >= 4 is 16.9 Å². The molecule has 0 atom stereocenters. The quantitative estimate of drug-likeness (QED) is 0.570. The zero-order valence-electron chi connectivity index (χ0n) is 10.6. The first-order chi connectivity index (χ1) is 9.74. The Balaban J connectivity index is 2.07. The van der Waals surface area contributed by atoms with Crippen molar-refractivity contribution in [2.45, 2.75) is 6.42 Å². The van der Waals surface area contributed by atoms with Crippen LogP contribution in [0.4, 0.5) is 0 Å². The average Bonchev–Trinajstić information content (AvgIpc) is 2.81. The minimum absolute atomic E-state index is 0.259. The number of aromatic carboxylic acids is 1. The molecule has 1 aliphatic carbocycles. The van der Waals surface area contributed by atoms with Gasteiger partial charge in [0.05, 0.1) is 16.8 Å². The molecule has 0 unspecified atom stereocenters. The van der Waals surface area contributed by atoms with Crippen LogP contribution >= 0.6 is 0 Å². The standard InChI is InChI=1S/C17H11NO2/c19-17(20)14-7-3-5-11-9-12-8-10-4-1-2-6-13(10)16(12)18-15(11)14/h1-7,9H,8H2,(H,19,20). The summed E-state index contributed by atoms with van der Waals surface area (Å²) < 4.78 is 0. The molecule has 1 aromatic heterocycles. The third-order valence-corrected chi connectivity index (χ3v) is 3.81. The van der Waals surface area contributed by atoms with E-state index in [1.807, 2.05) is 24.3 Å². The smallest absolute Gasteiger partial charge is 0.337 e. The van der Waals surface area contributed by atoms with Gasteiger partial charge in [-0.15, -0.1) is 0 Å². The molecule has 0 saturated heterocycles. The number of rotatable bonds is 1. The van der Waals surface area contributed by atoms with E-state index in [4.69, 9.17) is 0 Å². The number of pyridine rings is 1. The zero-order valence-corrected chi connectivity index (χ0v) is 10.6. The second-order valence-electron chi connectivity index (χ2n) is 5.01. The second-order valence-corrected chi connectivity index (χ2v) is 5.01. The fraction of sp³-hybridized carbons (Fsp3) is 0.0588. The summed E-state index contributed by atoms with van der Waals surface area (Å²) in [5.74, 6) is -0.936. The molecule has 0 aliphatic heterocycles. The van der Waals surface area contributed by atoms with Crippen molar-refractivity contribution < 1.29 is 9.90 Å². The number of benzene rings is 2. The summed E-state index contributed by atoms with van der Waals surface area (Å²) in [7, 11) is 0. The number of carboxylic acid groups (broad SMARTS) is 1. The fourth-order valence-corrected chi connectivity index (χ4v) is 2.89. The van der Waals surface area contributed by atoms with Crippen LogP contribution in [0.3, 0.4) is 0 Å². The number of hydrogen-bond acceptors (Lipinski definition) is 2. The van der Waals surface area contributed by atoms with E-state index < -0.39 is 5.97 Å². The van der Waals surface area contributed by atoms with Crippen molar-refractivity contribution in [2.75, 3.05) is 0 Å². The van der Waals surface area contributed by atoms with Crippen LogP contribution in [0.2, 0.25) is 0 Å². The number of carbonyl (C=O) groups is 1. The molecule has 20 heavy (non-hydrogen) atoms. The highest BCUT2D eigenvalue weighted by molar-refractivity contribution is 6.02. The molecule has 3 nitrogen and oxygen atoms in total. The minimum Gasteiger partial charge on any atom is -0.478 e. The van der Waals surface area contributed by atoms with Gasteiger partial charge in [0.1, 0.15) is 0 Å². The Hall–Kier alpha value is -2.68. The molecule has 4 rings (SSSR count). The van der Waals surface area contributed by atoms with E-state index in [1.54, 1.807) is 12.1 Å². The highest BCUT2D eigenvalue weighted by Crippen LogP contribution is 2.37. The first-order valence-electron chi connectivity index (χ1n) is 6.48. The van der Waals surface area contributed by atoms with E-state index in [-0.39, 0.29) is 5.56 Å². The summed E-state index contributed by atoms with van der Waals surface area (Å²) in [4.78, 5) is 16.0. The lowest BCUT2D eigenvalue weighted by Crippen LogP contribution is -1.99. The summed E-state index contributed by atoms with van der Waals surface area (Å²) in [5, 5.41) is 10.2. The number of hydrogen-bond donors (Lipinski definition) is 1. The van der Waals surface area contributed by atoms with Gasteiger partial charge in [-0.25, -0.2) is 9.78 Å². The summed E-state index contributed by atoms with van der Waals surface area (Å²) in [6.45, 7) is 0. The van der Waals surface area contributed by atoms with E-state index in [0.717, 1.165) is 23.1 Å². The molecule has 0 bridgehead atoms. The monoisotopic (exact) mass is 261 g/mol. The lowest BCUT2D eigenvalue weighted by molar-refractivity contribution is 0.0699. The summed E-state index contributed by atoms with van der Waals surface area (Å²) in [6, 6.07) is 15.5. The molecule has 0 radical (unpaired) electrons. The van der Waals surface area contributed by atoms with Gasteiger partial charge in [-0.2, -0.15) is 0 Å². The van der Waals surface area contributed by atoms with Crippen LogP contribution in [0.5, 0.6) is 0 Å². The topological polar surface area (TPSA) is 50.2 Å². The van der Waals surface area contributed by atoms with Crippen molar-refractivity contribution in [2.24, 2.45) is 0 Å². The van der Waals surface area contributed by atoms with Crippen molar-refractivity contribution in [3.05, 3.63) is 65.2 Å². The van der Waals surface area contributed by atoms with Gasteiger partial charge in [0.25, 0.3) is 0 Å². The van der Waals surface area contributed by atoms with Gasteiger partial charge >= 0.3 is 5.97 Å². The molecule has 2 aromatic carbocycles. The van der Waals surface area contributed by atoms with Crippen LogP contribution in [0.15, 0.2) is 48.5 Å². The molecular weight excluding hydrogens is 250 g/mol. The van der Waals surface area contributed by atoms with Crippen LogP contribution < -0.4 is 0 Å². The van der Waals surface area contributed by atoms with Crippen LogP contribution in [0, 0.1) is 0 Å². The van der Waals surface area contributed by atoms with Crippen molar-refractivity contribution in [1.29, 1.82) is 0 Å². The summed E-state index contributed by atoms with van der Waals surface area (Å²) >= 11 is 0. The predicted molar refractivity (Wildman–Crippen MR) is 76.9 cm³/mol. The maximum Gasteiger partial charge on any atom is 0.337 e. The minimum atomic E-state index is -0.936. The Labute approximate surface area is 115 Å². The van der Waals surface area contributed by atoms with E-state index in [2.05, 4.69) is 17.1 Å². The van der Waals surface area contributed by atoms with Crippen molar-refractivity contribution in [3.8, 4) is 11.3 Å². The van der Waals surface area contributed by atoms with Crippen molar-refractivity contribution in [3.63, 3.8) is 0 Å². The van der Waals surface area contributed by atoms with Gasteiger partial charge in [-0.1, -0.05) is 36.4 Å². The highest BCUT2D eigenvalue weighted by Gasteiger charge is 2.21. The first-order valence-corrected chi connectivity index (χ1v) is 6.48. The molecule has 1 aliphatic rings. The molecule has 3 aromatic rings. The highest BCUT2D eigenvalue weighted by atomic mass is 16.4. The molecule has 96 valence electrons. The SMILES string of the molecule is O=C(O)c1cccc2cc3c(nc12)-c1ccccc1C3. The Morgan fingerprint density at radius 3 is 2.75 bits per heavy atom. The fourth-order valence-electron chi connectivity index (χ4n) is 2.89. The molecule has 0 amide bonds. The van der Waals surface area contributed by atoms with Gasteiger partial charge in [-0.3, -0.25) is 0 Å². The van der Waals surface area contributed by atoms with Crippen molar-refractivity contribution in [1.82, 2.24) is 4.98 Å². The third-order valence-electron chi connectivity index (χ3n) is 3.81. The molecule has 3 heteroatoms. The van der Waals surface area contributed by atoms with E-state index in [0.29, 0.717) is 5.52 Å². The van der Waals surface area contributed by atoms with Gasteiger partial charge in [0.2, 0.25) is 0 Å².